The van der Waals surface area contributed by atoms with Crippen LogP contribution in [-0.4, -0.2) is 23.5 Å². The van der Waals surface area contributed by atoms with Crippen molar-refractivity contribution in [2.45, 2.75) is 4.90 Å². The van der Waals surface area contributed by atoms with Crippen molar-refractivity contribution in [2.24, 2.45) is 0 Å². The van der Waals surface area contributed by atoms with Crippen molar-refractivity contribution < 1.29 is 14.4 Å². The summed E-state index contributed by atoms with van der Waals surface area (Å²) < 4.78 is 0. The number of halogens is 2. The summed E-state index contributed by atoms with van der Waals surface area (Å²) in [4.78, 5) is 39.8. The Morgan fingerprint density at radius 2 is 1.29 bits per heavy atom. The van der Waals surface area contributed by atoms with Crippen LogP contribution in [0.15, 0.2) is 138 Å². The Labute approximate surface area is 275 Å². The van der Waals surface area contributed by atoms with E-state index in [1.807, 2.05) is 66.7 Å². The van der Waals surface area contributed by atoms with Crippen molar-refractivity contribution in [3.05, 3.63) is 154 Å². The molecule has 3 N–H and O–H groups in total. The van der Waals surface area contributed by atoms with Crippen molar-refractivity contribution >= 4 is 70.1 Å². The highest BCUT2D eigenvalue weighted by molar-refractivity contribution is 8.00. The molecule has 0 aliphatic carbocycles. The van der Waals surface area contributed by atoms with Gasteiger partial charge in [0.25, 0.3) is 11.8 Å². The zero-order valence-corrected chi connectivity index (χ0v) is 26.1. The second kappa shape index (κ2) is 15.3. The van der Waals surface area contributed by atoms with Crippen LogP contribution in [0.2, 0.25) is 10.0 Å². The van der Waals surface area contributed by atoms with Crippen LogP contribution in [0.5, 0.6) is 0 Å². The Balaban J connectivity index is 1.29. The Morgan fingerprint density at radius 1 is 0.644 bits per heavy atom. The van der Waals surface area contributed by atoms with E-state index in [4.69, 9.17) is 23.2 Å². The average molecular weight is 653 g/mol. The van der Waals surface area contributed by atoms with Crippen LogP contribution in [0.25, 0.3) is 17.2 Å². The average Bonchev–Trinajstić information content (AvgIpc) is 3.04. The molecule has 45 heavy (non-hydrogen) atoms. The number of carbonyl (C=O) groups is 3. The van der Waals surface area contributed by atoms with Crippen LogP contribution in [0.1, 0.15) is 15.9 Å². The van der Waals surface area contributed by atoms with E-state index in [9.17, 15) is 14.4 Å². The molecule has 0 spiro atoms. The standard InChI is InChI=1S/C36H27Cl2N3O3S/c37-28-19-29(38)21-31(20-28)39-34(42)23-45-32-13-7-12-30(22-32)40-36(44)33(41-35(43)27-10-5-2-6-11-27)18-24-14-16-26(17-15-24)25-8-3-1-4-9-25/h1-22H,23H2,(H,39,42)(H,40,44)(H,41,43)/b33-18+. The number of anilines is 2. The van der Waals surface area contributed by atoms with Gasteiger partial charge in [-0.3, -0.25) is 14.4 Å². The largest absolute Gasteiger partial charge is 0.325 e. The summed E-state index contributed by atoms with van der Waals surface area (Å²) in [6.45, 7) is 0. The van der Waals surface area contributed by atoms with Crippen LogP contribution in [0, 0.1) is 0 Å². The SMILES string of the molecule is O=C(CSc1cccc(NC(=O)/C(=C\c2ccc(-c3ccccc3)cc2)NC(=O)c2ccccc2)c1)Nc1cc(Cl)cc(Cl)c1. The van der Waals surface area contributed by atoms with Crippen LogP contribution >= 0.6 is 35.0 Å². The summed E-state index contributed by atoms with van der Waals surface area (Å²) in [5, 5.41) is 9.26. The third-order valence-corrected chi connectivity index (χ3v) is 7.90. The Hall–Kier alpha value is -4.82. The molecule has 9 heteroatoms. The molecule has 0 atom stereocenters. The lowest BCUT2D eigenvalue weighted by Crippen LogP contribution is -2.30. The second-order valence-electron chi connectivity index (χ2n) is 9.84. The number of hydrogen-bond acceptors (Lipinski definition) is 4. The number of thioether (sulfide) groups is 1. The van der Waals surface area contributed by atoms with Gasteiger partial charge in [0.1, 0.15) is 5.70 Å². The molecule has 0 aliphatic rings. The van der Waals surface area contributed by atoms with Gasteiger partial charge in [-0.05, 0) is 71.3 Å². The lowest BCUT2D eigenvalue weighted by atomic mass is 10.0. The number of rotatable bonds is 10. The molecule has 0 aromatic heterocycles. The first-order chi connectivity index (χ1) is 21.8. The normalized spacial score (nSPS) is 11.0. The van der Waals surface area contributed by atoms with Gasteiger partial charge >= 0.3 is 0 Å². The second-order valence-corrected chi connectivity index (χ2v) is 11.8. The predicted octanol–water partition coefficient (Wildman–Crippen LogP) is 8.80. The van der Waals surface area contributed by atoms with Gasteiger partial charge in [-0.2, -0.15) is 0 Å². The van der Waals surface area contributed by atoms with E-state index >= 15 is 0 Å². The molecule has 5 rings (SSSR count). The number of benzene rings is 5. The minimum absolute atomic E-state index is 0.0777. The van der Waals surface area contributed by atoms with E-state index in [1.165, 1.54) is 11.8 Å². The zero-order chi connectivity index (χ0) is 31.6. The highest BCUT2D eigenvalue weighted by Gasteiger charge is 2.16. The third-order valence-electron chi connectivity index (χ3n) is 6.47. The Bertz CT molecular complexity index is 1830. The van der Waals surface area contributed by atoms with Gasteiger partial charge in [0.05, 0.1) is 5.75 Å². The molecule has 0 bridgehead atoms. The first-order valence-electron chi connectivity index (χ1n) is 13.9. The highest BCUT2D eigenvalue weighted by Crippen LogP contribution is 2.25. The van der Waals surface area contributed by atoms with Crippen LogP contribution < -0.4 is 16.0 Å². The molecule has 6 nitrogen and oxygen atoms in total. The molecule has 0 heterocycles. The first-order valence-corrected chi connectivity index (χ1v) is 15.6. The number of amides is 3. The quantitative estimate of drug-likeness (QED) is 0.104. The van der Waals surface area contributed by atoms with Crippen molar-refractivity contribution in [1.29, 1.82) is 0 Å². The summed E-state index contributed by atoms with van der Waals surface area (Å²) in [7, 11) is 0. The van der Waals surface area contributed by atoms with Gasteiger partial charge in [0.2, 0.25) is 5.91 Å². The van der Waals surface area contributed by atoms with Crippen LogP contribution in [0.4, 0.5) is 11.4 Å². The molecule has 5 aromatic carbocycles. The Morgan fingerprint density at radius 3 is 1.98 bits per heavy atom. The van der Waals surface area contributed by atoms with E-state index in [1.54, 1.807) is 66.7 Å². The molecule has 0 aliphatic heterocycles. The van der Waals surface area contributed by atoms with Gasteiger partial charge in [-0.1, -0.05) is 102 Å². The van der Waals surface area contributed by atoms with Crippen molar-refractivity contribution in [1.82, 2.24) is 5.32 Å². The topological polar surface area (TPSA) is 87.3 Å². The van der Waals surface area contributed by atoms with E-state index < -0.39 is 11.8 Å². The monoisotopic (exact) mass is 651 g/mol. The minimum atomic E-state index is -0.496. The lowest BCUT2D eigenvalue weighted by Gasteiger charge is -2.12. The predicted molar refractivity (Wildman–Crippen MR) is 185 cm³/mol. The molecule has 224 valence electrons. The van der Waals surface area contributed by atoms with Crippen LogP contribution in [0.3, 0.4) is 0 Å². The minimum Gasteiger partial charge on any atom is -0.325 e. The fourth-order valence-electron chi connectivity index (χ4n) is 4.35. The maximum Gasteiger partial charge on any atom is 0.272 e. The van der Waals surface area contributed by atoms with E-state index in [2.05, 4.69) is 16.0 Å². The van der Waals surface area contributed by atoms with Crippen LogP contribution in [-0.2, 0) is 9.59 Å². The molecule has 0 fully saturated rings. The maximum absolute atomic E-state index is 13.5. The third kappa shape index (κ3) is 9.33. The first kappa shape index (κ1) is 31.6. The van der Waals surface area contributed by atoms with Crippen molar-refractivity contribution in [3.63, 3.8) is 0 Å². The zero-order valence-electron chi connectivity index (χ0n) is 23.8. The van der Waals surface area contributed by atoms with Crippen molar-refractivity contribution in [2.75, 3.05) is 16.4 Å². The van der Waals surface area contributed by atoms with Crippen molar-refractivity contribution in [3.8, 4) is 11.1 Å². The Kier molecular flexibility index (Phi) is 10.7. The summed E-state index contributed by atoms with van der Waals surface area (Å²) in [6, 6.07) is 38.3. The molecular formula is C36H27Cl2N3O3S. The maximum atomic E-state index is 13.5. The summed E-state index contributed by atoms with van der Waals surface area (Å²) >= 11 is 13.3. The van der Waals surface area contributed by atoms with Gasteiger partial charge in [-0.25, -0.2) is 0 Å². The summed E-state index contributed by atoms with van der Waals surface area (Å²) in [6.07, 6.45) is 1.63. The van der Waals surface area contributed by atoms with Gasteiger partial charge < -0.3 is 16.0 Å². The summed E-state index contributed by atoms with van der Waals surface area (Å²) in [5.41, 5.74) is 4.36. The van der Waals surface area contributed by atoms with E-state index in [-0.39, 0.29) is 17.4 Å². The molecule has 0 radical (unpaired) electrons. The van der Waals surface area contributed by atoms with Gasteiger partial charge in [-0.15, -0.1) is 11.8 Å². The molecule has 0 unspecified atom stereocenters. The fraction of sp³-hybridized carbons (Fsp3) is 0.0278. The molecule has 0 saturated heterocycles. The smallest absolute Gasteiger partial charge is 0.272 e. The molecule has 0 saturated carbocycles. The highest BCUT2D eigenvalue weighted by atomic mass is 35.5. The molecule has 3 amide bonds. The summed E-state index contributed by atoms with van der Waals surface area (Å²) in [5.74, 6) is -1.02. The lowest BCUT2D eigenvalue weighted by molar-refractivity contribution is -0.114. The molecular weight excluding hydrogens is 625 g/mol. The number of carbonyl (C=O) groups excluding carboxylic acids is 3. The van der Waals surface area contributed by atoms with E-state index in [0.717, 1.165) is 21.6 Å². The van der Waals surface area contributed by atoms with Gasteiger partial charge in [0.15, 0.2) is 0 Å². The number of hydrogen-bond donors (Lipinski definition) is 3. The van der Waals surface area contributed by atoms with Gasteiger partial charge in [0, 0.05) is 31.9 Å². The molecule has 5 aromatic rings. The van der Waals surface area contributed by atoms with E-state index in [0.29, 0.717) is 27.0 Å². The fourth-order valence-corrected chi connectivity index (χ4v) is 5.63. The number of nitrogens with one attached hydrogen (secondary N) is 3.